The van der Waals surface area contributed by atoms with Crippen molar-refractivity contribution in [1.82, 2.24) is 0 Å². The third kappa shape index (κ3) is 1.98. The van der Waals surface area contributed by atoms with Gasteiger partial charge in [0, 0.05) is 14.5 Å². The molecule has 2 heteroatoms. The van der Waals surface area contributed by atoms with Crippen molar-refractivity contribution >= 4 is 28.4 Å². The molecular weight excluding hydrogens is 359 g/mol. The number of hydrogen-bond acceptors (Lipinski definition) is 1. The van der Waals surface area contributed by atoms with Gasteiger partial charge in [-0.15, -0.1) is 0 Å². The van der Waals surface area contributed by atoms with E-state index in [4.69, 9.17) is 0 Å². The van der Waals surface area contributed by atoms with Crippen LogP contribution in [0.3, 0.4) is 0 Å². The minimum atomic E-state index is -0.0222. The van der Waals surface area contributed by atoms with E-state index >= 15 is 0 Å². The summed E-state index contributed by atoms with van der Waals surface area (Å²) in [5.74, 6) is 2.07. The lowest BCUT2D eigenvalue weighted by Crippen LogP contribution is -2.54. The van der Waals surface area contributed by atoms with E-state index in [1.54, 1.807) is 0 Å². The predicted molar refractivity (Wildman–Crippen MR) is 88.7 cm³/mol. The van der Waals surface area contributed by atoms with Gasteiger partial charge in [0.05, 0.1) is 0 Å². The van der Waals surface area contributed by atoms with Crippen molar-refractivity contribution in [2.75, 3.05) is 0 Å². The van der Waals surface area contributed by atoms with Gasteiger partial charge in [-0.2, -0.15) is 0 Å². The van der Waals surface area contributed by atoms with Crippen LogP contribution in [-0.2, 0) is 0 Å². The second-order valence-corrected chi connectivity index (χ2v) is 9.13. The average Bonchev–Trinajstić information content (AvgIpc) is 2.36. The van der Waals surface area contributed by atoms with Gasteiger partial charge in [-0.1, -0.05) is 19.1 Å². The molecule has 2 atom stereocenters. The lowest BCUT2D eigenvalue weighted by Gasteiger charge is -2.60. The lowest BCUT2D eigenvalue weighted by molar-refractivity contribution is -0.0820. The normalized spacial score (nSPS) is 41.9. The van der Waals surface area contributed by atoms with Crippen molar-refractivity contribution in [3.63, 3.8) is 0 Å². The zero-order valence-corrected chi connectivity index (χ0v) is 14.2. The summed E-state index contributed by atoms with van der Waals surface area (Å²) < 4.78 is 1.21. The molecule has 20 heavy (non-hydrogen) atoms. The van der Waals surface area contributed by atoms with E-state index in [-0.39, 0.29) is 5.41 Å². The minimum Gasteiger partial charge on any atom is -0.294 e. The quantitative estimate of drug-likeness (QED) is 0.517. The summed E-state index contributed by atoms with van der Waals surface area (Å²) in [6.45, 7) is 2.43. The SMILES string of the molecule is CC12CC3CC(C1)CC(C(=O)c1ccc(I)cc1)(C3)C2. The fraction of sp³-hybridized carbons (Fsp3) is 0.611. The number of hydrogen-bond donors (Lipinski definition) is 0. The van der Waals surface area contributed by atoms with Crippen molar-refractivity contribution in [3.05, 3.63) is 33.4 Å². The highest BCUT2D eigenvalue weighted by atomic mass is 127. The standard InChI is InChI=1S/C18H21IO/c1-17-7-12-6-13(8-17)10-18(9-12,11-17)16(20)14-2-4-15(19)5-3-14/h2-5,12-13H,6-11H2,1H3. The zero-order valence-electron chi connectivity index (χ0n) is 12.0. The van der Waals surface area contributed by atoms with Gasteiger partial charge in [0.2, 0.25) is 0 Å². The summed E-state index contributed by atoms with van der Waals surface area (Å²) in [6, 6.07) is 8.20. The maximum absolute atomic E-state index is 13.1. The van der Waals surface area contributed by atoms with Crippen molar-refractivity contribution < 1.29 is 4.79 Å². The Morgan fingerprint density at radius 2 is 1.70 bits per heavy atom. The predicted octanol–water partition coefficient (Wildman–Crippen LogP) is 5.08. The molecule has 1 aromatic rings. The Bertz CT molecular complexity index is 545. The molecular formula is C18H21IO. The van der Waals surface area contributed by atoms with Gasteiger partial charge in [-0.3, -0.25) is 4.79 Å². The number of carbonyl (C=O) groups is 1. The van der Waals surface area contributed by atoms with E-state index in [1.807, 2.05) is 12.1 Å². The fourth-order valence-electron chi connectivity index (χ4n) is 5.89. The van der Waals surface area contributed by atoms with Crippen LogP contribution in [0, 0.1) is 26.2 Å². The van der Waals surface area contributed by atoms with E-state index in [1.165, 1.54) is 22.8 Å². The third-order valence-corrected chi connectivity index (χ3v) is 6.66. The Labute approximate surface area is 134 Å². The Morgan fingerprint density at radius 3 is 2.25 bits per heavy atom. The summed E-state index contributed by atoms with van der Waals surface area (Å²) in [7, 11) is 0. The Balaban J connectivity index is 1.70. The molecule has 4 aliphatic carbocycles. The second-order valence-electron chi connectivity index (χ2n) is 7.89. The van der Waals surface area contributed by atoms with Gasteiger partial charge < -0.3 is 0 Å². The van der Waals surface area contributed by atoms with Crippen LogP contribution in [0.2, 0.25) is 0 Å². The number of Topliss-reactive ketones (excluding diaryl/α,β-unsaturated/α-hetero) is 1. The van der Waals surface area contributed by atoms with Crippen LogP contribution in [-0.4, -0.2) is 5.78 Å². The number of benzene rings is 1. The van der Waals surface area contributed by atoms with E-state index in [0.717, 1.165) is 36.7 Å². The topological polar surface area (TPSA) is 17.1 Å². The molecule has 4 bridgehead atoms. The molecule has 1 aromatic carbocycles. The number of halogens is 1. The first-order valence-electron chi connectivity index (χ1n) is 7.79. The summed E-state index contributed by atoms with van der Waals surface area (Å²) in [5.41, 5.74) is 1.37. The van der Waals surface area contributed by atoms with Crippen LogP contribution < -0.4 is 0 Å². The van der Waals surface area contributed by atoms with E-state index in [9.17, 15) is 4.79 Å². The van der Waals surface area contributed by atoms with Crippen LogP contribution >= 0.6 is 22.6 Å². The molecule has 4 saturated carbocycles. The van der Waals surface area contributed by atoms with Crippen LogP contribution in [0.4, 0.5) is 0 Å². The van der Waals surface area contributed by atoms with Crippen LogP contribution in [0.5, 0.6) is 0 Å². The first kappa shape index (κ1) is 13.3. The highest BCUT2D eigenvalue weighted by Crippen LogP contribution is 2.65. The average molecular weight is 380 g/mol. The van der Waals surface area contributed by atoms with Gasteiger partial charge in [-0.05, 0) is 90.5 Å². The minimum absolute atomic E-state index is 0.0222. The Morgan fingerprint density at radius 1 is 1.10 bits per heavy atom. The molecule has 0 saturated heterocycles. The van der Waals surface area contributed by atoms with Crippen molar-refractivity contribution in [2.24, 2.45) is 22.7 Å². The Kier molecular flexibility index (Phi) is 2.87. The first-order chi connectivity index (χ1) is 9.48. The smallest absolute Gasteiger partial charge is 0.169 e. The van der Waals surface area contributed by atoms with Gasteiger partial charge in [0.1, 0.15) is 0 Å². The summed E-state index contributed by atoms with van der Waals surface area (Å²) in [5, 5.41) is 0. The molecule has 0 aliphatic heterocycles. The maximum Gasteiger partial charge on any atom is 0.169 e. The highest BCUT2D eigenvalue weighted by molar-refractivity contribution is 14.1. The number of rotatable bonds is 2. The molecule has 106 valence electrons. The molecule has 0 heterocycles. The van der Waals surface area contributed by atoms with E-state index in [2.05, 4.69) is 41.6 Å². The molecule has 0 amide bonds. The molecule has 1 nitrogen and oxygen atoms in total. The first-order valence-corrected chi connectivity index (χ1v) is 8.86. The molecule has 0 aromatic heterocycles. The molecule has 0 radical (unpaired) electrons. The van der Waals surface area contributed by atoms with Crippen molar-refractivity contribution in [1.29, 1.82) is 0 Å². The summed E-state index contributed by atoms with van der Waals surface area (Å²) in [4.78, 5) is 13.1. The number of carbonyl (C=O) groups excluding carboxylic acids is 1. The fourth-order valence-corrected chi connectivity index (χ4v) is 6.25. The van der Waals surface area contributed by atoms with Gasteiger partial charge in [-0.25, -0.2) is 0 Å². The van der Waals surface area contributed by atoms with Gasteiger partial charge in [0.25, 0.3) is 0 Å². The molecule has 2 unspecified atom stereocenters. The molecule has 4 fully saturated rings. The Hall–Kier alpha value is -0.380. The largest absolute Gasteiger partial charge is 0.294 e. The van der Waals surface area contributed by atoms with E-state index in [0.29, 0.717) is 11.2 Å². The highest BCUT2D eigenvalue weighted by Gasteiger charge is 2.58. The zero-order chi connectivity index (χ0) is 14.0. The second kappa shape index (κ2) is 4.31. The van der Waals surface area contributed by atoms with Crippen molar-refractivity contribution in [3.8, 4) is 0 Å². The van der Waals surface area contributed by atoms with Gasteiger partial charge in [0.15, 0.2) is 5.78 Å². The summed E-state index contributed by atoms with van der Waals surface area (Å²) in [6.07, 6.45) is 7.57. The monoisotopic (exact) mass is 380 g/mol. The van der Waals surface area contributed by atoms with Crippen LogP contribution in [0.15, 0.2) is 24.3 Å². The maximum atomic E-state index is 13.1. The van der Waals surface area contributed by atoms with Crippen LogP contribution in [0.1, 0.15) is 55.8 Å². The van der Waals surface area contributed by atoms with Crippen LogP contribution in [0.25, 0.3) is 0 Å². The third-order valence-electron chi connectivity index (χ3n) is 5.94. The van der Waals surface area contributed by atoms with Crippen molar-refractivity contribution in [2.45, 2.75) is 45.4 Å². The molecule has 0 spiro atoms. The molecule has 5 rings (SSSR count). The summed E-state index contributed by atoms with van der Waals surface area (Å²) >= 11 is 2.30. The lowest BCUT2D eigenvalue weighted by atomic mass is 9.43. The van der Waals surface area contributed by atoms with Gasteiger partial charge >= 0.3 is 0 Å². The number of ketones is 1. The van der Waals surface area contributed by atoms with E-state index < -0.39 is 0 Å². The molecule has 0 N–H and O–H groups in total. The molecule has 4 aliphatic rings.